The van der Waals surface area contributed by atoms with Crippen molar-refractivity contribution >= 4 is 16.5 Å². The molecule has 0 bridgehead atoms. The van der Waals surface area contributed by atoms with Crippen LogP contribution in [0.5, 0.6) is 11.5 Å². The van der Waals surface area contributed by atoms with Crippen LogP contribution in [0.25, 0.3) is 0 Å². The van der Waals surface area contributed by atoms with Crippen molar-refractivity contribution in [1.82, 2.24) is 4.98 Å². The Hall–Kier alpha value is -1.75. The second-order valence-corrected chi connectivity index (χ2v) is 4.97. The molecule has 0 fully saturated rings. The molecule has 0 atom stereocenters. The van der Waals surface area contributed by atoms with E-state index >= 15 is 0 Å². The second-order valence-electron chi connectivity index (χ2n) is 3.82. The minimum atomic E-state index is 0.609. The smallest absolute Gasteiger partial charge is 0.180 e. The van der Waals surface area contributed by atoms with Gasteiger partial charge < -0.3 is 15.2 Å². The Morgan fingerprint density at radius 2 is 2.06 bits per heavy atom. The number of nitrogens with two attached hydrogens (primary N) is 1. The monoisotopic (exact) mass is 248 g/mol. The van der Waals surface area contributed by atoms with Crippen molar-refractivity contribution in [2.45, 2.75) is 6.42 Å². The molecular weight excluding hydrogens is 236 g/mol. The van der Waals surface area contributed by atoms with E-state index in [9.17, 15) is 0 Å². The molecule has 0 spiro atoms. The zero-order valence-corrected chi connectivity index (χ0v) is 10.00. The van der Waals surface area contributed by atoms with Crippen LogP contribution < -0.4 is 15.2 Å². The first-order valence-corrected chi connectivity index (χ1v) is 6.21. The summed E-state index contributed by atoms with van der Waals surface area (Å²) in [6.45, 7) is 1.24. The predicted molar refractivity (Wildman–Crippen MR) is 66.8 cm³/mol. The van der Waals surface area contributed by atoms with Gasteiger partial charge in [-0.05, 0) is 17.7 Å². The molecule has 1 aromatic carbocycles. The summed E-state index contributed by atoms with van der Waals surface area (Å²) in [4.78, 5) is 5.19. The molecule has 2 N–H and O–H groups in total. The van der Waals surface area contributed by atoms with Crippen molar-refractivity contribution in [3.05, 3.63) is 34.8 Å². The number of hydrogen-bond donors (Lipinski definition) is 1. The quantitative estimate of drug-likeness (QED) is 0.884. The molecule has 3 rings (SSSR count). The van der Waals surface area contributed by atoms with Gasteiger partial charge in [0.25, 0.3) is 0 Å². The molecule has 4 nitrogen and oxygen atoms in total. The number of aromatic nitrogens is 1. The first-order chi connectivity index (χ1) is 8.31. The van der Waals surface area contributed by atoms with E-state index in [1.807, 2.05) is 24.4 Å². The normalized spacial score (nSPS) is 13.6. The number of nitrogen functional groups attached to an aromatic ring is 1. The number of hydrogen-bond acceptors (Lipinski definition) is 5. The molecule has 2 heterocycles. The van der Waals surface area contributed by atoms with Gasteiger partial charge in [-0.1, -0.05) is 6.07 Å². The lowest BCUT2D eigenvalue weighted by Crippen LogP contribution is -2.15. The van der Waals surface area contributed by atoms with Crippen molar-refractivity contribution in [1.29, 1.82) is 0 Å². The summed E-state index contributed by atoms with van der Waals surface area (Å²) in [5.74, 6) is 1.65. The molecule has 0 saturated carbocycles. The van der Waals surface area contributed by atoms with Crippen molar-refractivity contribution in [3.8, 4) is 11.5 Å². The number of ether oxygens (including phenoxy) is 2. The van der Waals surface area contributed by atoms with E-state index < -0.39 is 0 Å². The van der Waals surface area contributed by atoms with Crippen LogP contribution in [0.3, 0.4) is 0 Å². The average Bonchev–Trinajstić information content (AvgIpc) is 2.75. The highest BCUT2D eigenvalue weighted by molar-refractivity contribution is 7.15. The van der Waals surface area contributed by atoms with Crippen LogP contribution in [0, 0.1) is 0 Å². The number of thiazole rings is 1. The van der Waals surface area contributed by atoms with Crippen LogP contribution >= 0.6 is 11.3 Å². The SMILES string of the molecule is Nc1ncc(Cc2ccc3c(c2)OCCO3)s1. The van der Waals surface area contributed by atoms with Crippen LogP contribution in [0.4, 0.5) is 5.13 Å². The van der Waals surface area contributed by atoms with E-state index in [0.29, 0.717) is 18.3 Å². The summed E-state index contributed by atoms with van der Waals surface area (Å²) in [5.41, 5.74) is 6.78. The Labute approximate surface area is 103 Å². The van der Waals surface area contributed by atoms with E-state index in [1.165, 1.54) is 16.9 Å². The maximum Gasteiger partial charge on any atom is 0.180 e. The third-order valence-electron chi connectivity index (χ3n) is 2.56. The number of nitrogens with zero attached hydrogens (tertiary/aromatic N) is 1. The lowest BCUT2D eigenvalue weighted by atomic mass is 10.1. The second kappa shape index (κ2) is 4.25. The number of rotatable bonds is 2. The summed E-state index contributed by atoms with van der Waals surface area (Å²) >= 11 is 1.51. The third kappa shape index (κ3) is 2.19. The highest BCUT2D eigenvalue weighted by Gasteiger charge is 2.12. The molecular formula is C12H12N2O2S. The van der Waals surface area contributed by atoms with E-state index in [-0.39, 0.29) is 0 Å². The molecule has 2 aromatic rings. The Kier molecular flexibility index (Phi) is 2.60. The highest BCUT2D eigenvalue weighted by atomic mass is 32.1. The van der Waals surface area contributed by atoms with Gasteiger partial charge in [0.05, 0.1) is 0 Å². The van der Waals surface area contributed by atoms with Gasteiger partial charge in [-0.3, -0.25) is 0 Å². The van der Waals surface area contributed by atoms with Crippen molar-refractivity contribution in [2.75, 3.05) is 18.9 Å². The van der Waals surface area contributed by atoms with E-state index in [0.717, 1.165) is 22.8 Å². The zero-order valence-electron chi connectivity index (χ0n) is 9.18. The number of anilines is 1. The van der Waals surface area contributed by atoms with E-state index in [4.69, 9.17) is 15.2 Å². The van der Waals surface area contributed by atoms with Crippen molar-refractivity contribution in [2.24, 2.45) is 0 Å². The van der Waals surface area contributed by atoms with Gasteiger partial charge in [0.15, 0.2) is 16.6 Å². The van der Waals surface area contributed by atoms with Gasteiger partial charge in [0.1, 0.15) is 13.2 Å². The zero-order chi connectivity index (χ0) is 11.7. The van der Waals surface area contributed by atoms with Crippen LogP contribution in [-0.2, 0) is 6.42 Å². The summed E-state index contributed by atoms with van der Waals surface area (Å²) in [6, 6.07) is 6.02. The Balaban J connectivity index is 1.84. The summed E-state index contributed by atoms with van der Waals surface area (Å²) in [5, 5.41) is 0.609. The van der Waals surface area contributed by atoms with Crippen molar-refractivity contribution < 1.29 is 9.47 Å². The Bertz CT molecular complexity index is 539. The number of fused-ring (bicyclic) bond motifs is 1. The third-order valence-corrected chi connectivity index (χ3v) is 3.38. The highest BCUT2D eigenvalue weighted by Crippen LogP contribution is 2.31. The first kappa shape index (κ1) is 10.4. The molecule has 0 aliphatic carbocycles. The summed E-state index contributed by atoms with van der Waals surface area (Å²) < 4.78 is 11.0. The number of benzene rings is 1. The van der Waals surface area contributed by atoms with Gasteiger partial charge in [-0.2, -0.15) is 0 Å². The van der Waals surface area contributed by atoms with Gasteiger partial charge in [-0.25, -0.2) is 4.98 Å². The van der Waals surface area contributed by atoms with Gasteiger partial charge in [-0.15, -0.1) is 11.3 Å². The molecule has 1 aromatic heterocycles. The minimum Gasteiger partial charge on any atom is -0.486 e. The Morgan fingerprint density at radius 3 is 2.82 bits per heavy atom. The molecule has 5 heteroatoms. The average molecular weight is 248 g/mol. The largest absolute Gasteiger partial charge is 0.486 e. The van der Waals surface area contributed by atoms with Gasteiger partial charge >= 0.3 is 0 Å². The lowest BCUT2D eigenvalue weighted by molar-refractivity contribution is 0.171. The fourth-order valence-corrected chi connectivity index (χ4v) is 2.52. The molecule has 17 heavy (non-hydrogen) atoms. The molecule has 0 amide bonds. The van der Waals surface area contributed by atoms with E-state index in [2.05, 4.69) is 4.98 Å². The van der Waals surface area contributed by atoms with Gasteiger partial charge in [0, 0.05) is 17.5 Å². The fourth-order valence-electron chi connectivity index (χ4n) is 1.80. The van der Waals surface area contributed by atoms with Crippen molar-refractivity contribution in [3.63, 3.8) is 0 Å². The van der Waals surface area contributed by atoms with Crippen LogP contribution in [-0.4, -0.2) is 18.2 Å². The maximum atomic E-state index is 5.61. The molecule has 88 valence electrons. The predicted octanol–water partition coefficient (Wildman–Crippen LogP) is 2.09. The molecule has 0 saturated heterocycles. The minimum absolute atomic E-state index is 0.609. The molecule has 1 aliphatic heterocycles. The van der Waals surface area contributed by atoms with E-state index in [1.54, 1.807) is 0 Å². The summed E-state index contributed by atoms with van der Waals surface area (Å²) in [7, 11) is 0. The molecule has 0 radical (unpaired) electrons. The summed E-state index contributed by atoms with van der Waals surface area (Å²) in [6.07, 6.45) is 2.64. The van der Waals surface area contributed by atoms with Gasteiger partial charge in [0.2, 0.25) is 0 Å². The first-order valence-electron chi connectivity index (χ1n) is 5.40. The van der Waals surface area contributed by atoms with Crippen LogP contribution in [0.2, 0.25) is 0 Å². The molecule has 1 aliphatic rings. The Morgan fingerprint density at radius 1 is 1.24 bits per heavy atom. The lowest BCUT2D eigenvalue weighted by Gasteiger charge is -2.18. The topological polar surface area (TPSA) is 57.4 Å². The van der Waals surface area contributed by atoms with Crippen LogP contribution in [0.1, 0.15) is 10.4 Å². The maximum absolute atomic E-state index is 5.61. The van der Waals surface area contributed by atoms with Crippen LogP contribution in [0.15, 0.2) is 24.4 Å². The fraction of sp³-hybridized carbons (Fsp3) is 0.250. The molecule has 0 unspecified atom stereocenters. The standard InChI is InChI=1S/C12H12N2O2S/c13-12-14-7-9(17-12)5-8-1-2-10-11(6-8)16-4-3-15-10/h1-2,6-7H,3-5H2,(H2,13,14).